The number of hydrogen-bond donors (Lipinski definition) is 1. The highest BCUT2D eigenvalue weighted by atomic mass is 19.1. The van der Waals surface area contributed by atoms with E-state index in [9.17, 15) is 9.18 Å². The molecule has 1 N–H and O–H groups in total. The number of anilines is 1. The Balaban J connectivity index is 1.45. The van der Waals surface area contributed by atoms with E-state index in [0.29, 0.717) is 29.4 Å². The fourth-order valence-corrected chi connectivity index (χ4v) is 4.34. The smallest absolute Gasteiger partial charge is 0.251 e. The van der Waals surface area contributed by atoms with Crippen LogP contribution in [0, 0.1) is 5.82 Å². The summed E-state index contributed by atoms with van der Waals surface area (Å²) in [6.45, 7) is 3.46. The number of halogens is 1. The maximum Gasteiger partial charge on any atom is 0.251 e. The van der Waals surface area contributed by atoms with E-state index >= 15 is 0 Å². The lowest BCUT2D eigenvalue weighted by Gasteiger charge is -2.39. The molecular weight excluding hydrogens is 453 g/mol. The van der Waals surface area contributed by atoms with Gasteiger partial charge in [0, 0.05) is 44.0 Å². The summed E-state index contributed by atoms with van der Waals surface area (Å²) in [7, 11) is 4.54. The van der Waals surface area contributed by atoms with Crippen molar-refractivity contribution in [2.45, 2.75) is 6.04 Å². The highest BCUT2D eigenvalue weighted by Crippen LogP contribution is 2.38. The minimum Gasteiger partial charge on any atom is -0.493 e. The van der Waals surface area contributed by atoms with E-state index < -0.39 is 0 Å². The molecule has 8 nitrogen and oxygen atoms in total. The molecule has 35 heavy (non-hydrogen) atoms. The molecule has 1 aromatic heterocycles. The Kier molecular flexibility index (Phi) is 7.77. The van der Waals surface area contributed by atoms with Crippen LogP contribution in [0.5, 0.6) is 17.2 Å². The second-order valence-electron chi connectivity index (χ2n) is 8.15. The van der Waals surface area contributed by atoms with Crippen molar-refractivity contribution in [1.29, 1.82) is 0 Å². The highest BCUT2D eigenvalue weighted by molar-refractivity contribution is 5.95. The number of methoxy groups -OCH3 is 3. The molecule has 1 atom stereocenters. The highest BCUT2D eigenvalue weighted by Gasteiger charge is 2.28. The lowest BCUT2D eigenvalue weighted by molar-refractivity contribution is 0.0922. The van der Waals surface area contributed by atoms with Gasteiger partial charge < -0.3 is 28.8 Å². The Morgan fingerprint density at radius 1 is 1.00 bits per heavy atom. The molecule has 2 heterocycles. The van der Waals surface area contributed by atoms with E-state index in [1.165, 1.54) is 33.5 Å². The number of carbonyl (C=O) groups excluding carboxylic acids is 1. The third kappa shape index (κ3) is 5.51. The molecule has 1 amide bonds. The maximum absolute atomic E-state index is 13.3. The first-order valence-corrected chi connectivity index (χ1v) is 11.4. The summed E-state index contributed by atoms with van der Waals surface area (Å²) in [4.78, 5) is 17.6. The van der Waals surface area contributed by atoms with Crippen molar-refractivity contribution in [3.8, 4) is 17.2 Å². The number of nitrogens with zero attached hydrogens (tertiary/aromatic N) is 2. The number of amides is 1. The number of carbonyl (C=O) groups is 1. The first-order valence-electron chi connectivity index (χ1n) is 11.4. The van der Waals surface area contributed by atoms with Gasteiger partial charge in [-0.15, -0.1) is 0 Å². The van der Waals surface area contributed by atoms with E-state index in [4.69, 9.17) is 18.6 Å². The molecule has 0 radical (unpaired) electrons. The zero-order valence-electron chi connectivity index (χ0n) is 20.1. The summed E-state index contributed by atoms with van der Waals surface area (Å²) in [5, 5.41) is 3.03. The quantitative estimate of drug-likeness (QED) is 0.497. The van der Waals surface area contributed by atoms with Gasteiger partial charge in [-0.1, -0.05) is 0 Å². The van der Waals surface area contributed by atoms with Crippen LogP contribution in [0.25, 0.3) is 0 Å². The molecule has 1 fully saturated rings. The van der Waals surface area contributed by atoms with Crippen LogP contribution < -0.4 is 24.4 Å². The lowest BCUT2D eigenvalue weighted by Crippen LogP contribution is -2.49. The van der Waals surface area contributed by atoms with Gasteiger partial charge in [-0.2, -0.15) is 0 Å². The Hall–Kier alpha value is -3.72. The topological polar surface area (TPSA) is 76.4 Å². The molecule has 3 aromatic rings. The second kappa shape index (κ2) is 11.1. The van der Waals surface area contributed by atoms with Gasteiger partial charge >= 0.3 is 0 Å². The number of piperazine rings is 1. The van der Waals surface area contributed by atoms with Crippen LogP contribution >= 0.6 is 0 Å². The van der Waals surface area contributed by atoms with Crippen molar-refractivity contribution in [1.82, 2.24) is 10.2 Å². The van der Waals surface area contributed by atoms with Crippen LogP contribution in [0.15, 0.2) is 59.2 Å². The maximum atomic E-state index is 13.3. The Morgan fingerprint density at radius 2 is 1.66 bits per heavy atom. The van der Waals surface area contributed by atoms with Gasteiger partial charge in [0.2, 0.25) is 5.75 Å². The van der Waals surface area contributed by atoms with Gasteiger partial charge in [-0.25, -0.2) is 4.39 Å². The Bertz CT molecular complexity index is 1090. The predicted octanol–water partition coefficient (Wildman–Crippen LogP) is 3.74. The van der Waals surface area contributed by atoms with Crippen LogP contribution in [-0.2, 0) is 0 Å². The van der Waals surface area contributed by atoms with Gasteiger partial charge in [0.25, 0.3) is 5.91 Å². The number of benzene rings is 2. The van der Waals surface area contributed by atoms with Crippen molar-refractivity contribution in [3.63, 3.8) is 0 Å². The van der Waals surface area contributed by atoms with Crippen LogP contribution in [-0.4, -0.2) is 64.9 Å². The number of hydrogen-bond acceptors (Lipinski definition) is 7. The van der Waals surface area contributed by atoms with Crippen molar-refractivity contribution < 1.29 is 27.8 Å². The lowest BCUT2D eigenvalue weighted by atomic mass is 10.1. The zero-order chi connectivity index (χ0) is 24.8. The normalized spacial score (nSPS) is 14.9. The molecule has 186 valence electrons. The molecule has 1 aliphatic rings. The average molecular weight is 484 g/mol. The largest absolute Gasteiger partial charge is 0.493 e. The minimum absolute atomic E-state index is 0.133. The third-order valence-electron chi connectivity index (χ3n) is 6.20. The predicted molar refractivity (Wildman–Crippen MR) is 130 cm³/mol. The van der Waals surface area contributed by atoms with Gasteiger partial charge in [-0.3, -0.25) is 9.69 Å². The summed E-state index contributed by atoms with van der Waals surface area (Å²) in [5.74, 6) is 1.54. The minimum atomic E-state index is -0.259. The van der Waals surface area contributed by atoms with Crippen LogP contribution in [0.2, 0.25) is 0 Å². The molecule has 0 aliphatic carbocycles. The molecule has 0 bridgehead atoms. The van der Waals surface area contributed by atoms with Gasteiger partial charge in [0.1, 0.15) is 11.6 Å². The molecule has 4 rings (SSSR count). The fraction of sp³-hybridized carbons (Fsp3) is 0.346. The summed E-state index contributed by atoms with van der Waals surface area (Å²) >= 11 is 0. The fourth-order valence-electron chi connectivity index (χ4n) is 4.34. The van der Waals surface area contributed by atoms with Gasteiger partial charge in [-0.05, 0) is 48.5 Å². The summed E-state index contributed by atoms with van der Waals surface area (Å²) < 4.78 is 35.1. The molecule has 1 unspecified atom stereocenters. The number of nitrogens with one attached hydrogen (secondary N) is 1. The van der Waals surface area contributed by atoms with E-state index in [0.717, 1.165) is 37.6 Å². The summed E-state index contributed by atoms with van der Waals surface area (Å²) in [5.41, 5.74) is 1.40. The first-order chi connectivity index (χ1) is 17.0. The average Bonchev–Trinajstić information content (AvgIpc) is 3.43. The zero-order valence-corrected chi connectivity index (χ0v) is 20.1. The number of rotatable bonds is 9. The standard InChI is InChI=1S/C26H30FN3O5/c1-32-23-15-18(16-24(33-2)25(23)34-3)26(31)28-17-21(22-5-4-14-35-22)30-12-10-29(11-13-30)20-8-6-19(27)7-9-20/h4-9,14-16,21H,10-13,17H2,1-3H3,(H,28,31). The summed E-state index contributed by atoms with van der Waals surface area (Å²) in [6.07, 6.45) is 1.64. The molecule has 0 spiro atoms. The molecule has 2 aromatic carbocycles. The van der Waals surface area contributed by atoms with E-state index in [1.54, 1.807) is 30.5 Å². The molecule has 9 heteroatoms. The van der Waals surface area contributed by atoms with Crippen molar-refractivity contribution in [2.24, 2.45) is 0 Å². The SMILES string of the molecule is COc1cc(C(=O)NCC(c2ccco2)N2CCN(c3ccc(F)cc3)CC2)cc(OC)c1OC. The van der Waals surface area contributed by atoms with Crippen LogP contribution in [0.3, 0.4) is 0 Å². The molecule has 1 aliphatic heterocycles. The van der Waals surface area contributed by atoms with Crippen molar-refractivity contribution in [2.75, 3.05) is 59.0 Å². The Labute approximate surface area is 204 Å². The molecule has 1 saturated heterocycles. The molecule has 0 saturated carbocycles. The van der Waals surface area contributed by atoms with Crippen molar-refractivity contribution >= 4 is 11.6 Å². The van der Waals surface area contributed by atoms with Crippen molar-refractivity contribution in [3.05, 3.63) is 71.9 Å². The van der Waals surface area contributed by atoms with E-state index in [1.807, 2.05) is 12.1 Å². The summed E-state index contributed by atoms with van der Waals surface area (Å²) in [6, 6.07) is 13.4. The molecular formula is C26H30FN3O5. The van der Waals surface area contributed by atoms with E-state index in [2.05, 4.69) is 15.1 Å². The van der Waals surface area contributed by atoms with Gasteiger partial charge in [0.05, 0.1) is 33.6 Å². The van der Waals surface area contributed by atoms with E-state index in [-0.39, 0.29) is 17.8 Å². The van der Waals surface area contributed by atoms with Crippen LogP contribution in [0.1, 0.15) is 22.2 Å². The van der Waals surface area contributed by atoms with Crippen LogP contribution in [0.4, 0.5) is 10.1 Å². The van der Waals surface area contributed by atoms with Gasteiger partial charge in [0.15, 0.2) is 11.5 Å². The second-order valence-corrected chi connectivity index (χ2v) is 8.15. The monoisotopic (exact) mass is 483 g/mol. The third-order valence-corrected chi connectivity index (χ3v) is 6.20. The Morgan fingerprint density at radius 3 is 2.20 bits per heavy atom. The number of furan rings is 1. The first kappa shape index (κ1) is 24.4. The number of ether oxygens (including phenoxy) is 3.